The number of nitrogens with one attached hydrogen (secondary N) is 2. The zero-order chi connectivity index (χ0) is 20.3. The first-order chi connectivity index (χ1) is 13.2. The Labute approximate surface area is 165 Å². The lowest BCUT2D eigenvalue weighted by atomic mass is 10.1. The molecule has 0 aliphatic heterocycles. The third-order valence-corrected chi connectivity index (χ3v) is 5.72. The average molecular weight is 394 g/mol. The van der Waals surface area contributed by atoms with Gasteiger partial charge in [0.05, 0.1) is 10.6 Å². The van der Waals surface area contributed by atoms with Crippen LogP contribution in [0.4, 0.5) is 11.4 Å². The number of hydrogen-bond donors (Lipinski definition) is 2. The maximum absolute atomic E-state index is 12.6. The highest BCUT2D eigenvalue weighted by Gasteiger charge is 2.16. The molecule has 6 heteroatoms. The van der Waals surface area contributed by atoms with Crippen molar-refractivity contribution < 1.29 is 13.2 Å². The minimum absolute atomic E-state index is 0.193. The molecule has 0 saturated carbocycles. The lowest BCUT2D eigenvalue weighted by molar-refractivity contribution is 0.102. The molecular weight excluding hydrogens is 372 g/mol. The van der Waals surface area contributed by atoms with Gasteiger partial charge in [-0.3, -0.25) is 9.52 Å². The summed E-state index contributed by atoms with van der Waals surface area (Å²) < 4.78 is 27.7. The second kappa shape index (κ2) is 7.86. The highest BCUT2D eigenvalue weighted by Crippen LogP contribution is 2.22. The largest absolute Gasteiger partial charge is 0.322 e. The molecule has 3 rings (SSSR count). The molecule has 0 aliphatic rings. The smallest absolute Gasteiger partial charge is 0.261 e. The molecule has 0 spiro atoms. The monoisotopic (exact) mass is 394 g/mol. The number of sulfonamides is 1. The molecule has 1 amide bonds. The number of rotatable bonds is 5. The summed E-state index contributed by atoms with van der Waals surface area (Å²) in [7, 11) is -3.69. The van der Waals surface area contributed by atoms with Crippen molar-refractivity contribution in [2.24, 2.45) is 0 Å². The van der Waals surface area contributed by atoms with Crippen LogP contribution in [0.25, 0.3) is 0 Å². The van der Waals surface area contributed by atoms with Crippen molar-refractivity contribution in [1.29, 1.82) is 0 Å². The average Bonchev–Trinajstić information content (AvgIpc) is 2.63. The molecule has 0 radical (unpaired) electrons. The molecule has 0 aliphatic carbocycles. The molecule has 0 fully saturated rings. The number of amides is 1. The van der Waals surface area contributed by atoms with Crippen molar-refractivity contribution in [3.05, 3.63) is 89.0 Å². The Morgan fingerprint density at radius 2 is 1.54 bits per heavy atom. The van der Waals surface area contributed by atoms with Crippen LogP contribution in [0.2, 0.25) is 0 Å². The molecular formula is C22H22N2O3S. The summed E-state index contributed by atoms with van der Waals surface area (Å²) >= 11 is 0. The van der Waals surface area contributed by atoms with Gasteiger partial charge in [-0.1, -0.05) is 29.8 Å². The fourth-order valence-electron chi connectivity index (χ4n) is 2.77. The van der Waals surface area contributed by atoms with E-state index in [1.165, 1.54) is 0 Å². The van der Waals surface area contributed by atoms with Gasteiger partial charge in [-0.2, -0.15) is 0 Å². The third-order valence-electron chi connectivity index (χ3n) is 4.34. The van der Waals surface area contributed by atoms with E-state index in [0.29, 0.717) is 22.5 Å². The van der Waals surface area contributed by atoms with E-state index >= 15 is 0 Å². The van der Waals surface area contributed by atoms with Crippen LogP contribution in [0.5, 0.6) is 0 Å². The molecule has 28 heavy (non-hydrogen) atoms. The van der Waals surface area contributed by atoms with Crippen LogP contribution in [0.3, 0.4) is 0 Å². The number of hydrogen-bond acceptors (Lipinski definition) is 3. The highest BCUT2D eigenvalue weighted by atomic mass is 32.2. The molecule has 3 aromatic carbocycles. The fourth-order valence-corrected chi connectivity index (χ4v) is 3.90. The lowest BCUT2D eigenvalue weighted by Crippen LogP contribution is -2.15. The van der Waals surface area contributed by atoms with E-state index in [1.54, 1.807) is 49.4 Å². The topological polar surface area (TPSA) is 75.3 Å². The third kappa shape index (κ3) is 4.58. The first-order valence-electron chi connectivity index (χ1n) is 8.83. The Morgan fingerprint density at radius 3 is 2.18 bits per heavy atom. The van der Waals surface area contributed by atoms with Crippen LogP contribution in [0.15, 0.2) is 71.6 Å². The van der Waals surface area contributed by atoms with Gasteiger partial charge >= 0.3 is 0 Å². The van der Waals surface area contributed by atoms with Crippen molar-refractivity contribution >= 4 is 27.3 Å². The molecule has 5 nitrogen and oxygen atoms in total. The van der Waals surface area contributed by atoms with Gasteiger partial charge in [-0.25, -0.2) is 8.42 Å². The van der Waals surface area contributed by atoms with Crippen LogP contribution in [0.1, 0.15) is 27.0 Å². The molecule has 3 aromatic rings. The molecule has 0 aromatic heterocycles. The minimum Gasteiger partial charge on any atom is -0.322 e. The van der Waals surface area contributed by atoms with Gasteiger partial charge in [0.2, 0.25) is 0 Å². The van der Waals surface area contributed by atoms with E-state index in [2.05, 4.69) is 10.0 Å². The highest BCUT2D eigenvalue weighted by molar-refractivity contribution is 7.92. The number of carbonyl (C=O) groups is 1. The Hall–Kier alpha value is -3.12. The normalized spacial score (nSPS) is 11.1. The van der Waals surface area contributed by atoms with Gasteiger partial charge in [-0.15, -0.1) is 0 Å². The van der Waals surface area contributed by atoms with Gasteiger partial charge in [0.15, 0.2) is 0 Å². The van der Waals surface area contributed by atoms with Crippen molar-refractivity contribution in [1.82, 2.24) is 0 Å². The molecule has 144 valence electrons. The van der Waals surface area contributed by atoms with Crippen LogP contribution < -0.4 is 10.0 Å². The molecule has 0 unspecified atom stereocenters. The van der Waals surface area contributed by atoms with Crippen LogP contribution in [0, 0.1) is 20.8 Å². The first-order valence-corrected chi connectivity index (χ1v) is 10.3. The summed E-state index contributed by atoms with van der Waals surface area (Å²) in [5, 5.41) is 2.85. The summed E-state index contributed by atoms with van der Waals surface area (Å²) in [6.45, 7) is 5.61. The van der Waals surface area contributed by atoms with Gasteiger partial charge in [0.1, 0.15) is 0 Å². The van der Waals surface area contributed by atoms with E-state index in [0.717, 1.165) is 11.1 Å². The molecule has 0 atom stereocenters. The van der Waals surface area contributed by atoms with Gasteiger partial charge in [-0.05, 0) is 74.4 Å². The fraction of sp³-hybridized carbons (Fsp3) is 0.136. The van der Waals surface area contributed by atoms with Gasteiger partial charge in [0, 0.05) is 11.3 Å². The summed E-state index contributed by atoms with van der Waals surface area (Å²) in [5.41, 5.74) is 4.30. The molecule has 0 heterocycles. The summed E-state index contributed by atoms with van der Waals surface area (Å²) in [6.07, 6.45) is 0. The lowest BCUT2D eigenvalue weighted by Gasteiger charge is -2.12. The second-order valence-corrected chi connectivity index (χ2v) is 8.45. The van der Waals surface area contributed by atoms with Crippen molar-refractivity contribution in [3.63, 3.8) is 0 Å². The number of benzene rings is 3. The second-order valence-electron chi connectivity index (χ2n) is 6.77. The van der Waals surface area contributed by atoms with Crippen LogP contribution >= 0.6 is 0 Å². The van der Waals surface area contributed by atoms with E-state index in [-0.39, 0.29) is 10.8 Å². The van der Waals surface area contributed by atoms with Gasteiger partial charge in [0.25, 0.3) is 15.9 Å². The van der Waals surface area contributed by atoms with Crippen molar-refractivity contribution in [2.75, 3.05) is 10.0 Å². The number of carbonyl (C=O) groups excluding carboxylic acids is 1. The number of anilines is 2. The maximum Gasteiger partial charge on any atom is 0.261 e. The predicted octanol–water partition coefficient (Wildman–Crippen LogP) is 4.66. The van der Waals surface area contributed by atoms with Crippen molar-refractivity contribution in [2.45, 2.75) is 25.7 Å². The Morgan fingerprint density at radius 1 is 0.821 bits per heavy atom. The van der Waals surface area contributed by atoms with E-state index < -0.39 is 10.0 Å². The maximum atomic E-state index is 12.6. The quantitative estimate of drug-likeness (QED) is 0.661. The minimum atomic E-state index is -3.69. The molecule has 0 saturated heterocycles. The Balaban J connectivity index is 1.78. The Kier molecular flexibility index (Phi) is 5.51. The zero-order valence-corrected chi connectivity index (χ0v) is 16.8. The summed E-state index contributed by atoms with van der Waals surface area (Å²) in [6, 6.07) is 19.0. The molecule has 0 bridgehead atoms. The summed E-state index contributed by atoms with van der Waals surface area (Å²) in [4.78, 5) is 12.7. The van der Waals surface area contributed by atoms with Gasteiger partial charge < -0.3 is 5.32 Å². The van der Waals surface area contributed by atoms with E-state index in [4.69, 9.17) is 0 Å². The predicted molar refractivity (Wildman–Crippen MR) is 112 cm³/mol. The molecule has 2 N–H and O–H groups in total. The standard InChI is InChI=1S/C22H22N2O3S/c1-15-7-10-20(11-8-15)28(26,27)24-21-12-9-18(14-17(21)3)22(25)23-19-6-4-5-16(2)13-19/h4-14,24H,1-3H3,(H,23,25). The summed E-state index contributed by atoms with van der Waals surface area (Å²) in [5.74, 6) is -0.248. The van der Waals surface area contributed by atoms with E-state index in [1.807, 2.05) is 38.1 Å². The SMILES string of the molecule is Cc1ccc(S(=O)(=O)Nc2ccc(C(=O)Nc3cccc(C)c3)cc2C)cc1. The first kappa shape index (κ1) is 19.6. The van der Waals surface area contributed by atoms with E-state index in [9.17, 15) is 13.2 Å². The van der Waals surface area contributed by atoms with Crippen LogP contribution in [-0.2, 0) is 10.0 Å². The Bertz CT molecular complexity index is 1120. The van der Waals surface area contributed by atoms with Crippen molar-refractivity contribution in [3.8, 4) is 0 Å². The van der Waals surface area contributed by atoms with Crippen LogP contribution in [-0.4, -0.2) is 14.3 Å². The number of aryl methyl sites for hydroxylation is 3. The zero-order valence-electron chi connectivity index (χ0n) is 16.0.